The van der Waals surface area contributed by atoms with E-state index in [2.05, 4.69) is 4.99 Å². The second kappa shape index (κ2) is 9.33. The lowest BCUT2D eigenvalue weighted by Gasteiger charge is -2.10. The molecule has 10 heteroatoms. The number of hydrogen-bond acceptors (Lipinski definition) is 8. The van der Waals surface area contributed by atoms with E-state index in [1.165, 1.54) is 61.7 Å². The Morgan fingerprint density at radius 3 is 2.62 bits per heavy atom. The minimum atomic E-state index is -0.809. The number of hydrogen-bond donors (Lipinski definition) is 0. The van der Waals surface area contributed by atoms with Crippen molar-refractivity contribution < 1.29 is 33.1 Å². The summed E-state index contributed by atoms with van der Waals surface area (Å²) >= 11 is 0. The molecule has 3 aromatic rings. The maximum absolute atomic E-state index is 13.4. The summed E-state index contributed by atoms with van der Waals surface area (Å²) in [6.07, 6.45) is 1.43. The normalized spacial score (nSPS) is 13.9. The Kier molecular flexibility index (Phi) is 6.13. The molecule has 3 aromatic carbocycles. The molecule has 1 aliphatic rings. The Bertz CT molecular complexity index is 1380. The number of carbonyl (C=O) groups is 2. The van der Waals surface area contributed by atoms with E-state index in [1.54, 1.807) is 12.1 Å². The van der Waals surface area contributed by atoms with Crippen molar-refractivity contribution in [2.75, 3.05) is 7.11 Å². The smallest absolute Gasteiger partial charge is 0.363 e. The predicted molar refractivity (Wildman–Crippen MR) is 118 cm³/mol. The van der Waals surface area contributed by atoms with Gasteiger partial charge in [0.05, 0.1) is 17.6 Å². The van der Waals surface area contributed by atoms with E-state index >= 15 is 0 Å². The summed E-state index contributed by atoms with van der Waals surface area (Å²) in [5, 5.41) is 10.9. The molecule has 0 unspecified atom stereocenters. The van der Waals surface area contributed by atoms with E-state index in [1.807, 2.05) is 0 Å². The maximum Gasteiger partial charge on any atom is 0.363 e. The van der Waals surface area contributed by atoms with Gasteiger partial charge in [-0.2, -0.15) is 0 Å². The lowest BCUT2D eigenvalue weighted by Crippen LogP contribution is -2.09. The quantitative estimate of drug-likeness (QED) is 0.176. The predicted octanol–water partition coefficient (Wildman–Crippen LogP) is 4.31. The molecule has 0 saturated carbocycles. The summed E-state index contributed by atoms with van der Waals surface area (Å²) < 4.78 is 29.2. The highest BCUT2D eigenvalue weighted by atomic mass is 19.1. The highest BCUT2D eigenvalue weighted by Crippen LogP contribution is 2.31. The van der Waals surface area contributed by atoms with Crippen LogP contribution in [0.15, 0.2) is 77.4 Å². The minimum absolute atomic E-state index is 0.00429. The van der Waals surface area contributed by atoms with Gasteiger partial charge in [-0.05, 0) is 48.0 Å². The standard InChI is InChI=1S/C24H15FN2O7/c1-32-21-11-14(10-19-24(29)34-22(26-19)15-4-2-6-17(25)12-15)8-9-20(21)33-23(28)16-5-3-7-18(13-16)27(30)31/h2-13H,1H3. The van der Waals surface area contributed by atoms with Crippen LogP contribution in [0.1, 0.15) is 21.5 Å². The van der Waals surface area contributed by atoms with E-state index in [4.69, 9.17) is 14.2 Å². The second-order valence-electron chi connectivity index (χ2n) is 6.95. The van der Waals surface area contributed by atoms with Crippen LogP contribution in [0.3, 0.4) is 0 Å². The first-order valence-electron chi connectivity index (χ1n) is 9.77. The van der Waals surface area contributed by atoms with Crippen LogP contribution in [-0.4, -0.2) is 29.9 Å². The van der Waals surface area contributed by atoms with Gasteiger partial charge in [0.25, 0.3) is 5.69 Å². The second-order valence-corrected chi connectivity index (χ2v) is 6.95. The number of halogens is 1. The Hall–Kier alpha value is -4.86. The molecule has 0 fully saturated rings. The number of nitrogens with zero attached hydrogens (tertiary/aromatic N) is 2. The van der Waals surface area contributed by atoms with Crippen molar-refractivity contribution in [3.8, 4) is 11.5 Å². The van der Waals surface area contributed by atoms with Crippen molar-refractivity contribution in [1.29, 1.82) is 0 Å². The van der Waals surface area contributed by atoms with E-state index in [9.17, 15) is 24.1 Å². The third-order valence-electron chi connectivity index (χ3n) is 4.68. The number of non-ortho nitro benzene ring substituents is 1. The van der Waals surface area contributed by atoms with Gasteiger partial charge in [0.15, 0.2) is 17.2 Å². The van der Waals surface area contributed by atoms with Crippen molar-refractivity contribution in [1.82, 2.24) is 0 Å². The van der Waals surface area contributed by atoms with Gasteiger partial charge in [-0.3, -0.25) is 10.1 Å². The number of ether oxygens (including phenoxy) is 3. The van der Waals surface area contributed by atoms with Crippen LogP contribution in [0.25, 0.3) is 6.08 Å². The zero-order chi connectivity index (χ0) is 24.2. The molecule has 0 bridgehead atoms. The van der Waals surface area contributed by atoms with Crippen LogP contribution in [0.2, 0.25) is 0 Å². The van der Waals surface area contributed by atoms with Crippen molar-refractivity contribution in [2.45, 2.75) is 0 Å². The lowest BCUT2D eigenvalue weighted by molar-refractivity contribution is -0.384. The van der Waals surface area contributed by atoms with E-state index in [-0.39, 0.29) is 34.3 Å². The number of carbonyl (C=O) groups excluding carboxylic acids is 2. The number of rotatable bonds is 6. The van der Waals surface area contributed by atoms with Crippen LogP contribution in [-0.2, 0) is 9.53 Å². The SMILES string of the molecule is COc1cc(C=C2N=C(c3cccc(F)c3)OC2=O)ccc1OC(=O)c1cccc([N+](=O)[O-])c1. The van der Waals surface area contributed by atoms with Crippen molar-refractivity contribution in [2.24, 2.45) is 4.99 Å². The van der Waals surface area contributed by atoms with Crippen LogP contribution in [0.4, 0.5) is 10.1 Å². The van der Waals surface area contributed by atoms with Crippen LogP contribution in [0.5, 0.6) is 11.5 Å². The highest BCUT2D eigenvalue weighted by Gasteiger charge is 2.24. The molecule has 34 heavy (non-hydrogen) atoms. The molecule has 0 aromatic heterocycles. The molecular weight excluding hydrogens is 447 g/mol. The molecule has 1 aliphatic heterocycles. The first-order valence-corrected chi connectivity index (χ1v) is 9.77. The van der Waals surface area contributed by atoms with E-state index < -0.39 is 22.7 Å². The average molecular weight is 462 g/mol. The van der Waals surface area contributed by atoms with Crippen molar-refractivity contribution >= 4 is 29.6 Å². The summed E-state index contributed by atoms with van der Waals surface area (Å²) in [4.78, 5) is 39.1. The number of aliphatic imine (C=N–C) groups is 1. The topological polar surface area (TPSA) is 117 Å². The zero-order valence-electron chi connectivity index (χ0n) is 17.6. The van der Waals surface area contributed by atoms with Gasteiger partial charge in [0.2, 0.25) is 5.90 Å². The van der Waals surface area contributed by atoms with Gasteiger partial charge in [-0.1, -0.05) is 18.2 Å². The van der Waals surface area contributed by atoms with Gasteiger partial charge in [-0.15, -0.1) is 0 Å². The fraction of sp³-hybridized carbons (Fsp3) is 0.0417. The van der Waals surface area contributed by atoms with Crippen LogP contribution >= 0.6 is 0 Å². The third kappa shape index (κ3) is 4.80. The molecule has 0 N–H and O–H groups in total. The van der Waals surface area contributed by atoms with Gasteiger partial charge in [-0.25, -0.2) is 19.0 Å². The van der Waals surface area contributed by atoms with Crippen molar-refractivity contribution in [3.63, 3.8) is 0 Å². The summed E-state index contributed by atoms with van der Waals surface area (Å²) in [5.41, 5.74) is 0.545. The summed E-state index contributed by atoms with van der Waals surface area (Å²) in [6, 6.07) is 15.1. The monoisotopic (exact) mass is 462 g/mol. The first-order chi connectivity index (χ1) is 16.3. The number of cyclic esters (lactones) is 1. The molecule has 0 spiro atoms. The van der Waals surface area contributed by atoms with E-state index in [0.29, 0.717) is 11.1 Å². The molecule has 0 atom stereocenters. The summed E-state index contributed by atoms with van der Waals surface area (Å²) in [6.45, 7) is 0. The van der Waals surface area contributed by atoms with Gasteiger partial charge >= 0.3 is 11.9 Å². The fourth-order valence-corrected chi connectivity index (χ4v) is 3.08. The molecule has 0 saturated heterocycles. The molecule has 170 valence electrons. The number of benzene rings is 3. The van der Waals surface area contributed by atoms with Crippen molar-refractivity contribution in [3.05, 3.63) is 105 Å². The Labute approximate surface area is 191 Å². The largest absolute Gasteiger partial charge is 0.493 e. The van der Waals surface area contributed by atoms with E-state index in [0.717, 1.165) is 6.07 Å². The summed E-state index contributed by atoms with van der Waals surface area (Å²) in [5.74, 6) is -1.79. The first kappa shape index (κ1) is 22.3. The Morgan fingerprint density at radius 2 is 1.88 bits per heavy atom. The van der Waals surface area contributed by atoms with Crippen LogP contribution in [0, 0.1) is 15.9 Å². The molecule has 0 amide bonds. The molecule has 1 heterocycles. The average Bonchev–Trinajstić information content (AvgIpc) is 3.20. The zero-order valence-corrected chi connectivity index (χ0v) is 17.6. The van der Waals surface area contributed by atoms with Gasteiger partial charge < -0.3 is 14.2 Å². The molecule has 0 aliphatic carbocycles. The van der Waals surface area contributed by atoms with Gasteiger partial charge in [0, 0.05) is 17.7 Å². The molecular formula is C24H15FN2O7. The molecule has 9 nitrogen and oxygen atoms in total. The molecule has 0 radical (unpaired) electrons. The maximum atomic E-state index is 13.4. The number of nitro groups is 1. The summed E-state index contributed by atoms with van der Waals surface area (Å²) in [7, 11) is 1.36. The number of esters is 2. The Morgan fingerprint density at radius 1 is 1.09 bits per heavy atom. The lowest BCUT2D eigenvalue weighted by atomic mass is 10.1. The number of nitro benzene ring substituents is 1. The third-order valence-corrected chi connectivity index (χ3v) is 4.68. The number of methoxy groups -OCH3 is 1. The Balaban J connectivity index is 1.57. The molecule has 4 rings (SSSR count). The van der Waals surface area contributed by atoms with Crippen LogP contribution < -0.4 is 9.47 Å². The fourth-order valence-electron chi connectivity index (χ4n) is 3.08. The highest BCUT2D eigenvalue weighted by molar-refractivity contribution is 6.12. The minimum Gasteiger partial charge on any atom is -0.493 e. The van der Waals surface area contributed by atoms with Gasteiger partial charge in [0.1, 0.15) is 5.82 Å².